The molecule has 0 aliphatic heterocycles. The van der Waals surface area contributed by atoms with Gasteiger partial charge in [0, 0.05) is 5.92 Å². The third-order valence-electron chi connectivity index (χ3n) is 3.99. The zero-order chi connectivity index (χ0) is 9.73. The van der Waals surface area contributed by atoms with E-state index in [2.05, 4.69) is 27.7 Å². The third kappa shape index (κ3) is 1.10. The Labute approximate surface area is 79.5 Å². The van der Waals surface area contributed by atoms with Crippen molar-refractivity contribution in [1.82, 2.24) is 0 Å². The molecule has 0 saturated heterocycles. The Balaban J connectivity index is 2.77. The van der Waals surface area contributed by atoms with Gasteiger partial charge < -0.3 is 0 Å². The molecule has 2 heteroatoms. The number of carbonyl (C=O) groups excluding carboxylic acids is 1. The largest absolute Gasteiger partial charge is 0.281 e. The first kappa shape index (κ1) is 10.0. The molecule has 0 heterocycles. The van der Waals surface area contributed by atoms with E-state index in [-0.39, 0.29) is 22.0 Å². The minimum Gasteiger partial charge on any atom is -0.281 e. The fourth-order valence-electron chi connectivity index (χ4n) is 2.63. The maximum absolute atomic E-state index is 11.0. The number of hydrogen-bond acceptors (Lipinski definition) is 1. The molecule has 1 nitrogen and oxygen atoms in total. The van der Waals surface area contributed by atoms with Crippen molar-refractivity contribution in [2.45, 2.75) is 34.6 Å². The molecule has 0 N–H and O–H groups in total. The second kappa shape index (κ2) is 2.47. The van der Waals surface area contributed by atoms with E-state index in [0.717, 1.165) is 0 Å². The van der Waals surface area contributed by atoms with E-state index in [0.29, 0.717) is 5.92 Å². The molecule has 1 fully saturated rings. The average molecular weight is 189 g/mol. The Kier molecular flexibility index (Phi) is 2.07. The van der Waals surface area contributed by atoms with Crippen LogP contribution in [0.4, 0.5) is 0 Å². The standard InChI is InChI=1S/C10H17ClO/c1-6(8(11)12)7-9(2,3)10(7,4)5/h6-7H,1-5H3. The molecule has 0 radical (unpaired) electrons. The zero-order valence-corrected chi connectivity index (χ0v) is 9.20. The summed E-state index contributed by atoms with van der Waals surface area (Å²) >= 11 is 5.48. The summed E-state index contributed by atoms with van der Waals surface area (Å²) in [6.07, 6.45) is 0. The summed E-state index contributed by atoms with van der Waals surface area (Å²) in [5.41, 5.74) is 0.522. The fourth-order valence-corrected chi connectivity index (χ4v) is 2.75. The van der Waals surface area contributed by atoms with Gasteiger partial charge in [0.1, 0.15) is 0 Å². The third-order valence-corrected chi connectivity index (χ3v) is 4.33. The number of rotatable bonds is 2. The lowest BCUT2D eigenvalue weighted by atomic mass is 10.0. The second-order valence-corrected chi connectivity index (χ2v) is 5.39. The first-order chi connectivity index (χ1) is 5.23. The van der Waals surface area contributed by atoms with E-state index < -0.39 is 0 Å². The van der Waals surface area contributed by atoms with Crippen LogP contribution in [0, 0.1) is 22.7 Å². The van der Waals surface area contributed by atoms with Crippen LogP contribution in [0.25, 0.3) is 0 Å². The van der Waals surface area contributed by atoms with Crippen LogP contribution in [0.2, 0.25) is 0 Å². The molecular formula is C10H17ClO. The Bertz CT molecular complexity index is 204. The summed E-state index contributed by atoms with van der Waals surface area (Å²) in [4.78, 5) is 11.0. The second-order valence-electron chi connectivity index (χ2n) is 5.01. The van der Waals surface area contributed by atoms with Gasteiger partial charge >= 0.3 is 0 Å². The predicted octanol–water partition coefficient (Wildman–Crippen LogP) is 3.07. The van der Waals surface area contributed by atoms with Crippen LogP contribution in [-0.2, 0) is 4.79 Å². The molecule has 1 saturated carbocycles. The highest BCUT2D eigenvalue weighted by Crippen LogP contribution is 2.71. The smallest absolute Gasteiger partial charge is 0.224 e. The summed E-state index contributed by atoms with van der Waals surface area (Å²) in [6.45, 7) is 10.7. The SMILES string of the molecule is CC(C(=O)Cl)C1C(C)(C)C1(C)C. The van der Waals surface area contributed by atoms with E-state index in [4.69, 9.17) is 11.6 Å². The topological polar surface area (TPSA) is 17.1 Å². The van der Waals surface area contributed by atoms with Gasteiger partial charge in [0.2, 0.25) is 5.24 Å². The molecule has 0 aromatic heterocycles. The zero-order valence-electron chi connectivity index (χ0n) is 8.44. The molecular weight excluding hydrogens is 172 g/mol. The summed E-state index contributed by atoms with van der Waals surface area (Å²) in [5.74, 6) is 0.437. The van der Waals surface area contributed by atoms with E-state index >= 15 is 0 Å². The summed E-state index contributed by atoms with van der Waals surface area (Å²) < 4.78 is 0. The molecule has 1 aliphatic carbocycles. The highest BCUT2D eigenvalue weighted by atomic mass is 35.5. The normalized spacial score (nSPS) is 28.2. The maximum atomic E-state index is 11.0. The molecule has 0 aromatic carbocycles. The lowest BCUT2D eigenvalue weighted by Gasteiger charge is -2.06. The molecule has 0 amide bonds. The molecule has 12 heavy (non-hydrogen) atoms. The van der Waals surface area contributed by atoms with Gasteiger partial charge in [0.15, 0.2) is 0 Å². The number of halogens is 1. The Hall–Kier alpha value is -0.0400. The van der Waals surface area contributed by atoms with Crippen LogP contribution >= 0.6 is 11.6 Å². The van der Waals surface area contributed by atoms with E-state index in [1.807, 2.05) is 6.92 Å². The first-order valence-corrected chi connectivity index (χ1v) is 4.80. The summed E-state index contributed by atoms with van der Waals surface area (Å²) in [5, 5.41) is -0.196. The van der Waals surface area contributed by atoms with Gasteiger partial charge in [0.25, 0.3) is 0 Å². The van der Waals surface area contributed by atoms with Crippen molar-refractivity contribution in [2.75, 3.05) is 0 Å². The predicted molar refractivity (Wildman–Crippen MR) is 51.1 cm³/mol. The van der Waals surface area contributed by atoms with Gasteiger partial charge in [-0.1, -0.05) is 34.6 Å². The van der Waals surface area contributed by atoms with Gasteiger partial charge in [0.05, 0.1) is 0 Å². The Morgan fingerprint density at radius 3 is 1.67 bits per heavy atom. The van der Waals surface area contributed by atoms with Crippen molar-refractivity contribution in [3.05, 3.63) is 0 Å². The Morgan fingerprint density at radius 1 is 1.25 bits per heavy atom. The van der Waals surface area contributed by atoms with Crippen molar-refractivity contribution in [3.63, 3.8) is 0 Å². The quantitative estimate of drug-likeness (QED) is 0.609. The highest BCUT2D eigenvalue weighted by molar-refractivity contribution is 6.64. The van der Waals surface area contributed by atoms with Crippen molar-refractivity contribution in [3.8, 4) is 0 Å². The van der Waals surface area contributed by atoms with Gasteiger partial charge in [-0.3, -0.25) is 4.79 Å². The van der Waals surface area contributed by atoms with Gasteiger partial charge in [-0.15, -0.1) is 0 Å². The van der Waals surface area contributed by atoms with Crippen molar-refractivity contribution < 1.29 is 4.79 Å². The molecule has 70 valence electrons. The molecule has 1 unspecified atom stereocenters. The average Bonchev–Trinajstić information content (AvgIpc) is 2.23. The fraction of sp³-hybridized carbons (Fsp3) is 0.900. The number of hydrogen-bond donors (Lipinski definition) is 0. The van der Waals surface area contributed by atoms with Gasteiger partial charge in [-0.2, -0.15) is 0 Å². The van der Waals surface area contributed by atoms with Crippen LogP contribution in [-0.4, -0.2) is 5.24 Å². The molecule has 1 atom stereocenters. The van der Waals surface area contributed by atoms with Gasteiger partial charge in [-0.05, 0) is 28.3 Å². The lowest BCUT2D eigenvalue weighted by Crippen LogP contribution is -2.10. The van der Waals surface area contributed by atoms with Gasteiger partial charge in [-0.25, -0.2) is 0 Å². The van der Waals surface area contributed by atoms with E-state index in [1.165, 1.54) is 0 Å². The van der Waals surface area contributed by atoms with Crippen LogP contribution in [0.5, 0.6) is 0 Å². The molecule has 0 aromatic rings. The van der Waals surface area contributed by atoms with Crippen LogP contribution < -0.4 is 0 Å². The van der Waals surface area contributed by atoms with Crippen molar-refractivity contribution in [1.29, 1.82) is 0 Å². The monoisotopic (exact) mass is 188 g/mol. The highest BCUT2D eigenvalue weighted by Gasteiger charge is 2.67. The molecule has 0 bridgehead atoms. The van der Waals surface area contributed by atoms with E-state index in [1.54, 1.807) is 0 Å². The summed E-state index contributed by atoms with van der Waals surface area (Å²) in [7, 11) is 0. The van der Waals surface area contributed by atoms with Crippen molar-refractivity contribution >= 4 is 16.8 Å². The van der Waals surface area contributed by atoms with Crippen LogP contribution in [0.3, 0.4) is 0 Å². The maximum Gasteiger partial charge on any atom is 0.224 e. The van der Waals surface area contributed by atoms with Crippen LogP contribution in [0.1, 0.15) is 34.6 Å². The minimum atomic E-state index is -0.196. The lowest BCUT2D eigenvalue weighted by molar-refractivity contribution is -0.115. The van der Waals surface area contributed by atoms with E-state index in [9.17, 15) is 4.79 Å². The summed E-state index contributed by atoms with van der Waals surface area (Å²) in [6, 6.07) is 0. The number of carbonyl (C=O) groups is 1. The first-order valence-electron chi connectivity index (χ1n) is 4.42. The molecule has 1 rings (SSSR count). The molecule has 0 spiro atoms. The molecule has 1 aliphatic rings. The van der Waals surface area contributed by atoms with Crippen molar-refractivity contribution in [2.24, 2.45) is 22.7 Å². The Morgan fingerprint density at radius 2 is 1.58 bits per heavy atom. The minimum absolute atomic E-state index is 0.00309. The van der Waals surface area contributed by atoms with Crippen LogP contribution in [0.15, 0.2) is 0 Å².